The fraction of sp³-hybridized carbons (Fsp3) is 0.222. The lowest BCUT2D eigenvalue weighted by molar-refractivity contribution is -0.126. The third-order valence-corrected chi connectivity index (χ3v) is 6.01. The Morgan fingerprint density at radius 1 is 1.03 bits per heavy atom. The van der Waals surface area contributed by atoms with Crippen molar-refractivity contribution in [2.75, 3.05) is 11.9 Å². The lowest BCUT2D eigenvalue weighted by atomic mass is 10.2. The molecule has 0 saturated heterocycles. The van der Waals surface area contributed by atoms with Crippen LogP contribution in [0.3, 0.4) is 0 Å². The van der Waals surface area contributed by atoms with Gasteiger partial charge in [0.1, 0.15) is 13.0 Å². The van der Waals surface area contributed by atoms with E-state index in [2.05, 4.69) is 31.8 Å². The number of nitrogens with zero attached hydrogens (tertiary/aromatic N) is 1. The van der Waals surface area contributed by atoms with Crippen LogP contribution in [-0.4, -0.2) is 24.6 Å². The lowest BCUT2D eigenvalue weighted by Crippen LogP contribution is -2.24. The second kappa shape index (κ2) is 13.1. The molecule has 0 aromatic heterocycles. The number of halogens is 2. The third-order valence-electron chi connectivity index (χ3n) is 5.02. The minimum absolute atomic E-state index is 0.386. The highest BCUT2D eigenvalue weighted by Gasteiger charge is 2.13. The molecule has 3 aromatic carbocycles. The Balaban J connectivity index is 1.59. The zero-order chi connectivity index (χ0) is 26.1. The molecule has 0 aliphatic carbocycles. The molecule has 0 unspecified atom stereocenters. The van der Waals surface area contributed by atoms with Gasteiger partial charge in [0.2, 0.25) is 11.8 Å². The summed E-state index contributed by atoms with van der Waals surface area (Å²) in [7, 11) is 0. The van der Waals surface area contributed by atoms with Gasteiger partial charge in [0.15, 0.2) is 11.5 Å². The maximum absolute atomic E-state index is 12.1. The van der Waals surface area contributed by atoms with Crippen LogP contribution in [0.5, 0.6) is 11.5 Å². The summed E-state index contributed by atoms with van der Waals surface area (Å²) < 4.78 is 12.4. The lowest BCUT2D eigenvalue weighted by Gasteiger charge is -2.15. The van der Waals surface area contributed by atoms with Gasteiger partial charge in [0.05, 0.1) is 17.3 Å². The second-order valence-corrected chi connectivity index (χ2v) is 9.28. The van der Waals surface area contributed by atoms with E-state index in [0.29, 0.717) is 45.5 Å². The molecule has 3 rings (SSSR count). The number of ether oxygens (including phenoxy) is 2. The van der Waals surface area contributed by atoms with Crippen molar-refractivity contribution in [1.82, 2.24) is 5.43 Å². The second-order valence-electron chi connectivity index (χ2n) is 8.02. The van der Waals surface area contributed by atoms with E-state index < -0.39 is 11.8 Å². The van der Waals surface area contributed by atoms with Gasteiger partial charge >= 0.3 is 0 Å². The molecule has 0 radical (unpaired) electrons. The van der Waals surface area contributed by atoms with E-state index in [1.165, 1.54) is 11.8 Å². The molecule has 2 amide bonds. The Hall–Kier alpha value is -3.36. The highest BCUT2D eigenvalue weighted by atomic mass is 79.9. The summed E-state index contributed by atoms with van der Waals surface area (Å²) in [4.78, 5) is 24.2. The summed E-state index contributed by atoms with van der Waals surface area (Å²) in [5, 5.41) is 7.13. The molecule has 0 bridgehead atoms. The van der Waals surface area contributed by atoms with Gasteiger partial charge in [0, 0.05) is 10.7 Å². The van der Waals surface area contributed by atoms with Gasteiger partial charge < -0.3 is 14.8 Å². The summed E-state index contributed by atoms with van der Waals surface area (Å²) >= 11 is 9.59. The largest absolute Gasteiger partial charge is 0.490 e. The number of nitrogens with one attached hydrogen (secondary N) is 2. The van der Waals surface area contributed by atoms with Gasteiger partial charge in [-0.3, -0.25) is 9.59 Å². The van der Waals surface area contributed by atoms with Crippen LogP contribution in [0.1, 0.15) is 35.6 Å². The van der Waals surface area contributed by atoms with Crippen LogP contribution in [0.2, 0.25) is 5.02 Å². The van der Waals surface area contributed by atoms with Crippen molar-refractivity contribution >= 4 is 51.2 Å². The zero-order valence-corrected chi connectivity index (χ0v) is 22.6. The highest BCUT2D eigenvalue weighted by Crippen LogP contribution is 2.37. The normalized spacial score (nSPS) is 10.8. The smallest absolute Gasteiger partial charge is 0.249 e. The average Bonchev–Trinajstić information content (AvgIpc) is 2.82. The molecule has 2 N–H and O–H groups in total. The van der Waals surface area contributed by atoms with Crippen LogP contribution in [0.25, 0.3) is 0 Å². The number of benzene rings is 3. The summed E-state index contributed by atoms with van der Waals surface area (Å²) in [6.45, 7) is 6.62. The van der Waals surface area contributed by atoms with Crippen LogP contribution in [0.4, 0.5) is 5.69 Å². The van der Waals surface area contributed by atoms with Crippen molar-refractivity contribution in [3.8, 4) is 11.5 Å². The number of hydrazone groups is 1. The molecule has 36 heavy (non-hydrogen) atoms. The first-order valence-corrected chi connectivity index (χ1v) is 12.4. The Kier molecular flexibility index (Phi) is 9.90. The Labute approximate surface area is 224 Å². The fourth-order valence-electron chi connectivity index (χ4n) is 3.15. The molecular weight excluding hydrogens is 546 g/mol. The van der Waals surface area contributed by atoms with Crippen molar-refractivity contribution in [3.63, 3.8) is 0 Å². The first-order chi connectivity index (χ1) is 17.2. The number of carbonyl (C=O) groups is 2. The van der Waals surface area contributed by atoms with E-state index in [4.69, 9.17) is 21.1 Å². The van der Waals surface area contributed by atoms with Gasteiger partial charge in [-0.1, -0.05) is 47.5 Å². The Bertz CT molecular complexity index is 1260. The van der Waals surface area contributed by atoms with Crippen molar-refractivity contribution in [3.05, 3.63) is 86.3 Å². The number of carbonyl (C=O) groups excluding carboxylic acids is 2. The van der Waals surface area contributed by atoms with E-state index in [0.717, 1.165) is 11.1 Å². The van der Waals surface area contributed by atoms with Crippen molar-refractivity contribution < 1.29 is 19.1 Å². The minimum Gasteiger partial charge on any atom is -0.490 e. The number of anilines is 1. The molecule has 9 heteroatoms. The molecule has 0 heterocycles. The predicted octanol–water partition coefficient (Wildman–Crippen LogP) is 6.18. The van der Waals surface area contributed by atoms with E-state index >= 15 is 0 Å². The van der Waals surface area contributed by atoms with Gasteiger partial charge in [-0.15, -0.1) is 0 Å². The van der Waals surface area contributed by atoms with Crippen molar-refractivity contribution in [2.24, 2.45) is 5.10 Å². The predicted molar refractivity (Wildman–Crippen MR) is 146 cm³/mol. The Morgan fingerprint density at radius 2 is 1.78 bits per heavy atom. The fourth-order valence-corrected chi connectivity index (χ4v) is 3.90. The molecule has 0 aliphatic heterocycles. The average molecular weight is 573 g/mol. The van der Waals surface area contributed by atoms with Gasteiger partial charge in [-0.25, -0.2) is 5.43 Å². The van der Waals surface area contributed by atoms with Crippen molar-refractivity contribution in [2.45, 2.75) is 33.8 Å². The van der Waals surface area contributed by atoms with E-state index in [1.807, 2.05) is 45.0 Å². The molecule has 0 aliphatic rings. The van der Waals surface area contributed by atoms with E-state index in [9.17, 15) is 9.59 Å². The zero-order valence-electron chi connectivity index (χ0n) is 20.2. The van der Waals surface area contributed by atoms with Crippen LogP contribution >= 0.6 is 27.5 Å². The highest BCUT2D eigenvalue weighted by molar-refractivity contribution is 9.10. The maximum atomic E-state index is 12.1. The standard InChI is InChI=1S/C27H27BrClN3O4/c1-4-35-24-12-20(11-22(28)27(24)36-16-19-8-5-17(2)6-9-19)15-30-32-26(34)14-25(33)31-21-10-7-18(3)23(29)13-21/h5-13,15H,4,14,16H2,1-3H3,(H,31,33)(H,32,34). The molecule has 0 atom stereocenters. The van der Waals surface area contributed by atoms with E-state index in [-0.39, 0.29) is 6.42 Å². The molecule has 7 nitrogen and oxygen atoms in total. The quantitative estimate of drug-likeness (QED) is 0.173. The number of rotatable bonds is 10. The summed E-state index contributed by atoms with van der Waals surface area (Å²) in [6.07, 6.45) is 1.08. The number of hydrogen-bond acceptors (Lipinski definition) is 5. The molecule has 0 spiro atoms. The van der Waals surface area contributed by atoms with Crippen LogP contribution in [0.15, 0.2) is 64.2 Å². The van der Waals surface area contributed by atoms with Crippen LogP contribution in [0, 0.1) is 13.8 Å². The minimum atomic E-state index is -0.552. The van der Waals surface area contributed by atoms with Crippen LogP contribution < -0.4 is 20.2 Å². The first kappa shape index (κ1) is 27.2. The van der Waals surface area contributed by atoms with Gasteiger partial charge in [0.25, 0.3) is 0 Å². The molecule has 188 valence electrons. The van der Waals surface area contributed by atoms with Crippen molar-refractivity contribution in [1.29, 1.82) is 0 Å². The molecular formula is C27H27BrClN3O4. The number of hydrogen-bond donors (Lipinski definition) is 2. The summed E-state index contributed by atoms with van der Waals surface area (Å²) in [5.41, 5.74) is 6.67. The van der Waals surface area contributed by atoms with Crippen LogP contribution in [-0.2, 0) is 16.2 Å². The van der Waals surface area contributed by atoms with Gasteiger partial charge in [-0.2, -0.15) is 5.10 Å². The molecule has 0 saturated carbocycles. The summed E-state index contributed by atoms with van der Waals surface area (Å²) in [5.74, 6) is 0.0950. The maximum Gasteiger partial charge on any atom is 0.249 e. The Morgan fingerprint density at radius 3 is 2.47 bits per heavy atom. The third kappa shape index (κ3) is 8.10. The SMILES string of the molecule is CCOc1cc(C=NNC(=O)CC(=O)Nc2ccc(C)c(Cl)c2)cc(Br)c1OCc1ccc(C)cc1. The number of aryl methyl sites for hydroxylation is 2. The van der Waals surface area contributed by atoms with Gasteiger partial charge in [-0.05, 0) is 77.7 Å². The monoisotopic (exact) mass is 571 g/mol. The first-order valence-electron chi connectivity index (χ1n) is 11.3. The molecule has 0 fully saturated rings. The van der Waals surface area contributed by atoms with E-state index in [1.54, 1.807) is 30.3 Å². The molecule has 3 aromatic rings. The summed E-state index contributed by atoms with van der Waals surface area (Å²) in [6, 6.07) is 16.8. The topological polar surface area (TPSA) is 89.0 Å². The number of amides is 2.